The van der Waals surface area contributed by atoms with Crippen molar-refractivity contribution in [1.82, 2.24) is 0 Å². The van der Waals surface area contributed by atoms with E-state index >= 15 is 0 Å². The molecule has 0 fully saturated rings. The van der Waals surface area contributed by atoms with Gasteiger partial charge in [0.15, 0.2) is 0 Å². The first-order valence-corrected chi connectivity index (χ1v) is 7.00. The number of carbonyl (C=O) groups is 1. The number of carboxylic acid groups (broad SMARTS) is 1. The van der Waals surface area contributed by atoms with Crippen molar-refractivity contribution < 1.29 is 14.6 Å². The van der Waals surface area contributed by atoms with Crippen LogP contribution >= 0.6 is 11.8 Å². The lowest BCUT2D eigenvalue weighted by Crippen LogP contribution is -2.30. The topological polar surface area (TPSA) is 72.5 Å². The zero-order valence-corrected chi connectivity index (χ0v) is 11.3. The maximum atomic E-state index is 10.5. The Bertz CT molecular complexity index is 384. The Kier molecular flexibility index (Phi) is 6.60. The summed E-state index contributed by atoms with van der Waals surface area (Å²) in [4.78, 5) is 10.5. The fraction of sp³-hybridized carbons (Fsp3) is 0.462. The van der Waals surface area contributed by atoms with Crippen LogP contribution in [0.2, 0.25) is 0 Å². The molecule has 0 heterocycles. The molecular weight excluding hydrogens is 250 g/mol. The van der Waals surface area contributed by atoms with Crippen LogP contribution < -0.4 is 10.5 Å². The molecule has 18 heavy (non-hydrogen) atoms. The average molecular weight is 269 g/mol. The van der Waals surface area contributed by atoms with E-state index in [-0.39, 0.29) is 0 Å². The van der Waals surface area contributed by atoms with E-state index in [1.54, 1.807) is 11.8 Å². The number of thioether (sulfide) groups is 1. The molecule has 0 amide bonds. The zero-order valence-electron chi connectivity index (χ0n) is 10.5. The number of aryl methyl sites for hydroxylation is 1. The fourth-order valence-electron chi connectivity index (χ4n) is 1.36. The number of nitrogens with two attached hydrogens (primary N) is 1. The standard InChI is InChI=1S/C13H19NO3S/c1-10-3-2-4-11(9-10)17-6-8-18-7-5-12(14)13(15)16/h2-4,9,12H,5-8,14H2,1H3,(H,15,16). The normalized spacial score (nSPS) is 12.1. The van der Waals surface area contributed by atoms with E-state index in [1.165, 1.54) is 5.56 Å². The Hall–Kier alpha value is -1.20. The number of aliphatic carboxylic acids is 1. The predicted molar refractivity (Wildman–Crippen MR) is 74.2 cm³/mol. The van der Waals surface area contributed by atoms with Crippen molar-refractivity contribution in [3.05, 3.63) is 29.8 Å². The lowest BCUT2D eigenvalue weighted by molar-refractivity contribution is -0.138. The third kappa shape index (κ3) is 5.93. The fourth-order valence-corrected chi connectivity index (χ4v) is 2.19. The molecular formula is C13H19NO3S. The summed E-state index contributed by atoms with van der Waals surface area (Å²) in [5.74, 6) is 1.51. The second-order valence-electron chi connectivity index (χ2n) is 4.01. The Morgan fingerprint density at radius 1 is 1.50 bits per heavy atom. The van der Waals surface area contributed by atoms with Crippen molar-refractivity contribution in [2.45, 2.75) is 19.4 Å². The minimum atomic E-state index is -0.938. The van der Waals surface area contributed by atoms with E-state index in [0.717, 1.165) is 17.3 Å². The van der Waals surface area contributed by atoms with Crippen molar-refractivity contribution in [3.63, 3.8) is 0 Å². The summed E-state index contributed by atoms with van der Waals surface area (Å²) in [5, 5.41) is 8.60. The second-order valence-corrected chi connectivity index (χ2v) is 5.24. The minimum absolute atomic E-state index is 0.491. The molecule has 1 aromatic carbocycles. The molecule has 1 rings (SSSR count). The molecule has 0 aliphatic rings. The first kappa shape index (κ1) is 14.9. The van der Waals surface area contributed by atoms with Crippen LogP contribution in [0.1, 0.15) is 12.0 Å². The van der Waals surface area contributed by atoms with Gasteiger partial charge < -0.3 is 15.6 Å². The maximum absolute atomic E-state index is 10.5. The molecule has 0 aliphatic heterocycles. The van der Waals surface area contributed by atoms with Gasteiger partial charge in [0.25, 0.3) is 0 Å². The highest BCUT2D eigenvalue weighted by atomic mass is 32.2. The Labute approximate surface area is 112 Å². The molecule has 0 saturated heterocycles. The Balaban J connectivity index is 2.07. The van der Waals surface area contributed by atoms with Gasteiger partial charge in [0.05, 0.1) is 6.61 Å². The van der Waals surface area contributed by atoms with Gasteiger partial charge in [0.1, 0.15) is 11.8 Å². The van der Waals surface area contributed by atoms with Crippen molar-refractivity contribution in [1.29, 1.82) is 0 Å². The molecule has 5 heteroatoms. The van der Waals surface area contributed by atoms with E-state index in [9.17, 15) is 4.79 Å². The molecule has 4 nitrogen and oxygen atoms in total. The Morgan fingerprint density at radius 3 is 2.94 bits per heavy atom. The quantitative estimate of drug-likeness (QED) is 0.705. The predicted octanol–water partition coefficient (Wildman–Crippen LogP) is 1.91. The van der Waals surface area contributed by atoms with Crippen LogP contribution in [-0.4, -0.2) is 35.2 Å². The van der Waals surface area contributed by atoms with Crippen LogP contribution in [0, 0.1) is 6.92 Å². The lowest BCUT2D eigenvalue weighted by atomic mass is 10.2. The molecule has 1 atom stereocenters. The number of carboxylic acids is 1. The SMILES string of the molecule is Cc1cccc(OCCSCCC(N)C(=O)O)c1. The third-order valence-electron chi connectivity index (χ3n) is 2.38. The van der Waals surface area contributed by atoms with E-state index in [0.29, 0.717) is 13.0 Å². The summed E-state index contributed by atoms with van der Waals surface area (Å²) in [6.45, 7) is 2.64. The van der Waals surface area contributed by atoms with Gasteiger partial charge in [-0.2, -0.15) is 11.8 Å². The monoisotopic (exact) mass is 269 g/mol. The number of hydrogen-bond acceptors (Lipinski definition) is 4. The van der Waals surface area contributed by atoms with Crippen LogP contribution in [0.4, 0.5) is 0 Å². The molecule has 1 unspecified atom stereocenters. The van der Waals surface area contributed by atoms with Crippen LogP contribution in [0.3, 0.4) is 0 Å². The van der Waals surface area contributed by atoms with Crippen LogP contribution in [0.25, 0.3) is 0 Å². The number of hydrogen-bond donors (Lipinski definition) is 2. The number of rotatable bonds is 8. The van der Waals surface area contributed by atoms with Crippen molar-refractivity contribution in [3.8, 4) is 5.75 Å². The van der Waals surface area contributed by atoms with E-state index in [2.05, 4.69) is 0 Å². The van der Waals surface area contributed by atoms with Crippen molar-refractivity contribution in [2.24, 2.45) is 5.73 Å². The summed E-state index contributed by atoms with van der Waals surface area (Å²) in [6, 6.07) is 7.15. The summed E-state index contributed by atoms with van der Waals surface area (Å²) < 4.78 is 5.57. The van der Waals surface area contributed by atoms with Crippen molar-refractivity contribution in [2.75, 3.05) is 18.1 Å². The van der Waals surface area contributed by atoms with Gasteiger partial charge in [-0.25, -0.2) is 0 Å². The van der Waals surface area contributed by atoms with Gasteiger partial charge in [-0.3, -0.25) is 4.79 Å². The van der Waals surface area contributed by atoms with Gasteiger partial charge in [0.2, 0.25) is 0 Å². The van der Waals surface area contributed by atoms with Crippen LogP contribution in [0.5, 0.6) is 5.75 Å². The Morgan fingerprint density at radius 2 is 2.28 bits per heavy atom. The highest BCUT2D eigenvalue weighted by Crippen LogP contribution is 2.13. The van der Waals surface area contributed by atoms with Gasteiger partial charge in [-0.15, -0.1) is 0 Å². The highest BCUT2D eigenvalue weighted by Gasteiger charge is 2.09. The molecule has 0 bridgehead atoms. The van der Waals surface area contributed by atoms with Crippen LogP contribution in [0.15, 0.2) is 24.3 Å². The molecule has 0 radical (unpaired) electrons. The minimum Gasteiger partial charge on any atom is -0.493 e. The first-order valence-electron chi connectivity index (χ1n) is 5.85. The summed E-state index contributed by atoms with van der Waals surface area (Å²) in [5.41, 5.74) is 6.57. The van der Waals surface area contributed by atoms with E-state index in [4.69, 9.17) is 15.6 Å². The molecule has 0 saturated carbocycles. The summed E-state index contributed by atoms with van der Waals surface area (Å²) >= 11 is 1.65. The van der Waals surface area contributed by atoms with Gasteiger partial charge in [0, 0.05) is 5.75 Å². The van der Waals surface area contributed by atoms with Crippen molar-refractivity contribution >= 4 is 17.7 Å². The third-order valence-corrected chi connectivity index (χ3v) is 3.36. The number of benzene rings is 1. The first-order chi connectivity index (χ1) is 8.59. The molecule has 0 aromatic heterocycles. The largest absolute Gasteiger partial charge is 0.493 e. The van der Waals surface area contributed by atoms with Gasteiger partial charge >= 0.3 is 5.97 Å². The molecule has 1 aromatic rings. The molecule has 100 valence electrons. The second kappa shape index (κ2) is 8.00. The maximum Gasteiger partial charge on any atom is 0.320 e. The lowest BCUT2D eigenvalue weighted by Gasteiger charge is -2.08. The number of ether oxygens (including phenoxy) is 1. The van der Waals surface area contributed by atoms with Crippen LogP contribution in [-0.2, 0) is 4.79 Å². The summed E-state index contributed by atoms with van der Waals surface area (Å²) in [7, 11) is 0. The van der Waals surface area contributed by atoms with Gasteiger partial charge in [-0.05, 0) is 36.8 Å². The molecule has 0 spiro atoms. The van der Waals surface area contributed by atoms with Gasteiger partial charge in [-0.1, -0.05) is 12.1 Å². The van der Waals surface area contributed by atoms with E-state index < -0.39 is 12.0 Å². The zero-order chi connectivity index (χ0) is 13.4. The molecule has 0 aliphatic carbocycles. The van der Waals surface area contributed by atoms with E-state index in [1.807, 2.05) is 31.2 Å². The molecule has 3 N–H and O–H groups in total. The average Bonchev–Trinajstić information content (AvgIpc) is 2.33. The highest BCUT2D eigenvalue weighted by molar-refractivity contribution is 7.99. The summed E-state index contributed by atoms with van der Waals surface area (Å²) in [6.07, 6.45) is 0.491. The smallest absolute Gasteiger partial charge is 0.320 e.